The van der Waals surface area contributed by atoms with E-state index in [2.05, 4.69) is 20.2 Å². The molecule has 1 fully saturated rings. The molecule has 14 heteroatoms. The smallest absolute Gasteiger partial charge is 0.307 e. The van der Waals surface area contributed by atoms with Crippen LogP contribution in [0.3, 0.4) is 0 Å². The van der Waals surface area contributed by atoms with E-state index in [1.54, 1.807) is 22.8 Å². The van der Waals surface area contributed by atoms with E-state index >= 15 is 0 Å². The van der Waals surface area contributed by atoms with Gasteiger partial charge in [-0.1, -0.05) is 12.1 Å². The average Bonchev–Trinajstić information content (AvgIpc) is 3.16. The van der Waals surface area contributed by atoms with Gasteiger partial charge >= 0.3 is 5.97 Å². The molecule has 1 aliphatic rings. The van der Waals surface area contributed by atoms with Crippen molar-refractivity contribution in [3.05, 3.63) is 57.6 Å². The zero-order chi connectivity index (χ0) is 26.6. The first kappa shape index (κ1) is 26.9. The van der Waals surface area contributed by atoms with Gasteiger partial charge in [-0.05, 0) is 67.1 Å². The lowest BCUT2D eigenvalue weighted by Crippen LogP contribution is -2.47. The van der Waals surface area contributed by atoms with E-state index < -0.39 is 16.0 Å². The highest BCUT2D eigenvalue weighted by atomic mass is 32.2. The first-order valence-corrected chi connectivity index (χ1v) is 14.2. The third-order valence-corrected chi connectivity index (χ3v) is 7.17. The second-order valence-corrected chi connectivity index (χ2v) is 11.3. The van der Waals surface area contributed by atoms with E-state index in [1.807, 2.05) is 29.2 Å². The van der Waals surface area contributed by atoms with E-state index in [1.165, 1.54) is 0 Å². The number of benzene rings is 2. The van der Waals surface area contributed by atoms with E-state index in [0.29, 0.717) is 33.9 Å². The van der Waals surface area contributed by atoms with Crippen LogP contribution in [-0.2, 0) is 21.2 Å². The Kier molecular flexibility index (Phi) is 8.32. The minimum atomic E-state index is -3.35. The van der Waals surface area contributed by atoms with Crippen LogP contribution in [0.4, 0.5) is 11.4 Å². The molecular weight excluding hydrogens is 536 g/mol. The maximum absolute atomic E-state index is 11.7. The lowest BCUT2D eigenvalue weighted by atomic mass is 10.0. The molecule has 3 aromatic rings. The number of aromatic nitrogens is 3. The average molecular weight is 565 g/mol. The fraction of sp³-hybridized carbons (Fsp3) is 0.348. The molecule has 1 atom stereocenters. The molecule has 11 nitrogen and oxygen atoms in total. The minimum absolute atomic E-state index is 0.148. The number of piperidine rings is 1. The van der Waals surface area contributed by atoms with Crippen LogP contribution >= 0.6 is 24.4 Å². The van der Waals surface area contributed by atoms with Crippen LogP contribution in [0.5, 0.6) is 5.75 Å². The van der Waals surface area contributed by atoms with Crippen molar-refractivity contribution in [2.75, 3.05) is 36.3 Å². The van der Waals surface area contributed by atoms with Crippen molar-refractivity contribution >= 4 is 51.8 Å². The van der Waals surface area contributed by atoms with Crippen LogP contribution in [0.25, 0.3) is 5.69 Å². The van der Waals surface area contributed by atoms with Crippen LogP contribution in [0, 0.1) is 9.54 Å². The number of aromatic amines is 2. The number of hydrogen-bond acceptors (Lipinski definition) is 8. The van der Waals surface area contributed by atoms with Gasteiger partial charge in [0.05, 0.1) is 18.4 Å². The molecule has 0 spiro atoms. The number of carboxylic acids is 1. The first-order chi connectivity index (χ1) is 17.6. The highest BCUT2D eigenvalue weighted by Crippen LogP contribution is 2.29. The third kappa shape index (κ3) is 7.19. The maximum Gasteiger partial charge on any atom is 0.307 e. The van der Waals surface area contributed by atoms with Crippen molar-refractivity contribution in [3.63, 3.8) is 0 Å². The Morgan fingerprint density at radius 3 is 2.65 bits per heavy atom. The Morgan fingerprint density at radius 1 is 1.19 bits per heavy atom. The zero-order valence-corrected chi connectivity index (χ0v) is 22.5. The van der Waals surface area contributed by atoms with Gasteiger partial charge in [-0.3, -0.25) is 19.6 Å². The van der Waals surface area contributed by atoms with Gasteiger partial charge < -0.3 is 20.1 Å². The normalized spacial score (nSPS) is 15.9. The number of anilines is 2. The Hall–Kier alpha value is -3.20. The molecule has 37 heavy (non-hydrogen) atoms. The lowest BCUT2D eigenvalue weighted by Gasteiger charge is -2.35. The predicted molar refractivity (Wildman–Crippen MR) is 146 cm³/mol. The highest BCUT2D eigenvalue weighted by Gasteiger charge is 2.25. The van der Waals surface area contributed by atoms with Crippen LogP contribution in [0.2, 0.25) is 0 Å². The van der Waals surface area contributed by atoms with E-state index in [9.17, 15) is 18.3 Å². The molecule has 0 aliphatic carbocycles. The molecule has 0 radical (unpaired) electrons. The molecule has 0 saturated carbocycles. The van der Waals surface area contributed by atoms with Gasteiger partial charge in [-0.15, -0.1) is 0 Å². The van der Waals surface area contributed by atoms with Gasteiger partial charge in [-0.25, -0.2) is 13.1 Å². The van der Waals surface area contributed by atoms with Crippen LogP contribution in [0.15, 0.2) is 42.5 Å². The Bertz CT molecular complexity index is 1470. The zero-order valence-electron chi connectivity index (χ0n) is 20.1. The van der Waals surface area contributed by atoms with Gasteiger partial charge in [0.15, 0.2) is 16.3 Å². The Morgan fingerprint density at radius 2 is 1.95 bits per heavy atom. The van der Waals surface area contributed by atoms with Crippen molar-refractivity contribution < 1.29 is 23.1 Å². The molecule has 1 aromatic heterocycles. The first-order valence-electron chi connectivity index (χ1n) is 11.5. The quantitative estimate of drug-likeness (QED) is 0.185. The van der Waals surface area contributed by atoms with Gasteiger partial charge in [-0.2, -0.15) is 0 Å². The molecule has 1 saturated heterocycles. The molecule has 2 aromatic carbocycles. The summed E-state index contributed by atoms with van der Waals surface area (Å²) in [6.07, 6.45) is 2.49. The summed E-state index contributed by atoms with van der Waals surface area (Å²) in [6, 6.07) is 12.6. The van der Waals surface area contributed by atoms with Gasteiger partial charge in [0.2, 0.25) is 10.0 Å². The number of rotatable bonds is 10. The van der Waals surface area contributed by atoms with Crippen molar-refractivity contribution in [3.8, 4) is 11.4 Å². The second-order valence-electron chi connectivity index (χ2n) is 8.75. The lowest BCUT2D eigenvalue weighted by molar-refractivity contribution is -0.136. The van der Waals surface area contributed by atoms with Crippen LogP contribution in [-0.4, -0.2) is 66.4 Å². The van der Waals surface area contributed by atoms with Crippen molar-refractivity contribution in [1.82, 2.24) is 19.5 Å². The van der Waals surface area contributed by atoms with Gasteiger partial charge in [0.25, 0.3) is 0 Å². The van der Waals surface area contributed by atoms with Gasteiger partial charge in [0.1, 0.15) is 5.75 Å². The number of aliphatic carboxylic acids is 1. The summed E-state index contributed by atoms with van der Waals surface area (Å²) in [6.45, 7) is 1.29. The van der Waals surface area contributed by atoms with E-state index in [0.717, 1.165) is 36.2 Å². The van der Waals surface area contributed by atoms with E-state index in [4.69, 9.17) is 29.2 Å². The largest absolute Gasteiger partial charge is 0.481 e. The second kappa shape index (κ2) is 11.5. The minimum Gasteiger partial charge on any atom is -0.481 e. The monoisotopic (exact) mass is 564 g/mol. The summed E-state index contributed by atoms with van der Waals surface area (Å²) in [5.74, 6) is -0.386. The Balaban J connectivity index is 1.48. The number of nitrogens with zero attached hydrogens (tertiary/aromatic N) is 2. The number of carbonyl (C=O) groups is 1. The molecule has 1 unspecified atom stereocenters. The van der Waals surface area contributed by atoms with Crippen molar-refractivity contribution in [2.24, 2.45) is 0 Å². The summed E-state index contributed by atoms with van der Waals surface area (Å²) in [5, 5.41) is 18.2. The summed E-state index contributed by atoms with van der Waals surface area (Å²) < 4.78 is 34.6. The Labute approximate surface area is 224 Å². The van der Waals surface area contributed by atoms with Crippen LogP contribution < -0.4 is 19.7 Å². The topological polar surface area (TPSA) is 144 Å². The van der Waals surface area contributed by atoms with E-state index in [-0.39, 0.29) is 19.2 Å². The summed E-state index contributed by atoms with van der Waals surface area (Å²) in [7, 11) is -3.35. The predicted octanol–water partition coefficient (Wildman–Crippen LogP) is 3.19. The molecule has 2 heterocycles. The number of ether oxygens (including phenoxy) is 1. The number of nitrogens with one attached hydrogen (secondary N) is 4. The van der Waals surface area contributed by atoms with Crippen LogP contribution in [0.1, 0.15) is 18.4 Å². The number of H-pyrrole nitrogens is 2. The molecule has 1 aliphatic heterocycles. The number of carboxylic acid groups (broad SMARTS) is 1. The molecule has 4 rings (SSSR count). The van der Waals surface area contributed by atoms with Gasteiger partial charge in [0, 0.05) is 36.6 Å². The number of hydrogen-bond donors (Lipinski definition) is 5. The maximum atomic E-state index is 11.7. The summed E-state index contributed by atoms with van der Waals surface area (Å²) in [4.78, 5) is 13.5. The molecular formula is C23H28N6O5S3. The summed E-state index contributed by atoms with van der Waals surface area (Å²) in [5.41, 5.74) is 2.95. The van der Waals surface area contributed by atoms with Crippen molar-refractivity contribution in [2.45, 2.75) is 25.3 Å². The highest BCUT2D eigenvalue weighted by molar-refractivity contribution is 7.88. The molecule has 0 bridgehead atoms. The summed E-state index contributed by atoms with van der Waals surface area (Å²) >= 11 is 10.6. The fourth-order valence-electron chi connectivity index (χ4n) is 4.34. The number of sulfonamides is 1. The molecule has 198 valence electrons. The fourth-order valence-corrected chi connectivity index (χ4v) is 5.69. The third-order valence-electron chi connectivity index (χ3n) is 5.84. The molecule has 0 amide bonds. The standard InChI is InChI=1S/C23H28N6O5S3/c1-37(32,33)27-17-5-3-9-28(13-17)20-12-19(8-7-15(20)10-21(30)31)34-14-24-16-4-2-6-18(11-16)29-22(35)25-26-23(29)36/h2,4,6-8,11-12,17,24,27H,3,5,9-10,13-14H2,1H3,(H,25,35)(H,26,36)(H,30,31). The molecule has 5 N–H and O–H groups in total. The van der Waals surface area contributed by atoms with Crippen molar-refractivity contribution in [1.29, 1.82) is 0 Å². The SMILES string of the molecule is CS(=O)(=O)NC1CCCN(c2cc(OCNc3cccc(-n4c(=S)[nH][nH]c4=S)c3)ccc2CC(=O)O)C1.